The van der Waals surface area contributed by atoms with Crippen LogP contribution in [0.15, 0.2) is 0 Å². The monoisotopic (exact) mass is 693 g/mol. The quantitative estimate of drug-likeness (QED) is 0.0831. The molecule has 0 aromatic heterocycles. The molecule has 13 nitrogen and oxygen atoms in total. The highest BCUT2D eigenvalue weighted by Crippen LogP contribution is 2.35. The fraction of sp³-hybridized carbons (Fsp3) is 0.970. The van der Waals surface area contributed by atoms with Gasteiger partial charge in [-0.3, -0.25) is 20.3 Å². The second kappa shape index (κ2) is 20.1. The van der Waals surface area contributed by atoms with Crippen molar-refractivity contribution >= 4 is 5.91 Å². The summed E-state index contributed by atoms with van der Waals surface area (Å²) in [5, 5.41) is 58.1. The van der Waals surface area contributed by atoms with E-state index in [1.807, 2.05) is 6.92 Å². The van der Waals surface area contributed by atoms with Gasteiger partial charge in [0, 0.05) is 84.2 Å². The van der Waals surface area contributed by atoms with Crippen LogP contribution < -0.4 is 16.0 Å². The molecule has 1 amide bonds. The lowest BCUT2D eigenvalue weighted by Gasteiger charge is -2.41. The normalized spacial score (nSPS) is 33.4. The van der Waals surface area contributed by atoms with E-state index in [-0.39, 0.29) is 50.0 Å². The fourth-order valence-electron chi connectivity index (χ4n) is 7.61. The Labute approximate surface area is 283 Å². The van der Waals surface area contributed by atoms with Crippen molar-refractivity contribution in [1.82, 2.24) is 25.8 Å². The molecule has 3 saturated heterocycles. The molecule has 0 aromatic carbocycles. The zero-order chi connectivity index (χ0) is 34.6. The molecule has 0 aromatic rings. The first-order chi connectivity index (χ1) is 23.1. The highest BCUT2D eigenvalue weighted by Gasteiger charge is 2.41. The van der Waals surface area contributed by atoms with Crippen molar-refractivity contribution in [2.75, 3.05) is 72.2 Å². The molecule has 7 atom stereocenters. The summed E-state index contributed by atoms with van der Waals surface area (Å²) in [5.41, 5.74) is 0. The van der Waals surface area contributed by atoms with Crippen LogP contribution in [-0.2, 0) is 14.3 Å². The van der Waals surface area contributed by atoms with Gasteiger partial charge in [-0.05, 0) is 57.4 Å². The van der Waals surface area contributed by atoms with Gasteiger partial charge in [-0.15, -0.1) is 0 Å². The number of piperidine rings is 1. The van der Waals surface area contributed by atoms with Crippen LogP contribution in [0.2, 0.25) is 0 Å². The maximum atomic E-state index is 15.1. The summed E-state index contributed by atoms with van der Waals surface area (Å²) in [4.78, 5) is 17.0. The zero-order valence-corrected chi connectivity index (χ0v) is 28.5. The molecule has 0 spiro atoms. The molecule has 3 aliphatic heterocycles. The van der Waals surface area contributed by atoms with Crippen molar-refractivity contribution in [2.45, 2.75) is 114 Å². The molecule has 15 heteroatoms. The van der Waals surface area contributed by atoms with Gasteiger partial charge in [-0.1, -0.05) is 0 Å². The summed E-state index contributed by atoms with van der Waals surface area (Å²) < 4.78 is 41.9. The van der Waals surface area contributed by atoms with Gasteiger partial charge in [0.2, 0.25) is 5.91 Å². The third kappa shape index (κ3) is 11.7. The van der Waals surface area contributed by atoms with Gasteiger partial charge in [0.05, 0.1) is 24.9 Å². The van der Waals surface area contributed by atoms with Crippen LogP contribution in [0.1, 0.15) is 58.3 Å². The highest BCUT2D eigenvalue weighted by molar-refractivity contribution is 5.77. The lowest BCUT2D eigenvalue weighted by molar-refractivity contribution is -0.134. The van der Waals surface area contributed by atoms with Gasteiger partial charge in [-0.2, -0.15) is 0 Å². The molecule has 4 aliphatic rings. The Morgan fingerprint density at radius 1 is 0.917 bits per heavy atom. The van der Waals surface area contributed by atoms with E-state index in [0.717, 1.165) is 58.5 Å². The Morgan fingerprint density at radius 2 is 1.56 bits per heavy atom. The third-order valence-electron chi connectivity index (χ3n) is 10.7. The SMILES string of the molecule is CCOC1CNC(N2CCC(CCCOC3CC(F)C(CC(=O)N4CC[C@@H](CNC[C@H](O)[C@@H](O)[C@H](O)[C@H](O)CO)C4)C(F)C3)CC2)NC1. The zero-order valence-electron chi connectivity index (χ0n) is 28.5. The molecule has 3 heterocycles. The number of ether oxygens (including phenoxy) is 2. The molecule has 8 N–H and O–H groups in total. The summed E-state index contributed by atoms with van der Waals surface area (Å²) in [6, 6.07) is 0. The van der Waals surface area contributed by atoms with Crippen molar-refractivity contribution in [2.24, 2.45) is 17.8 Å². The first-order valence-corrected chi connectivity index (χ1v) is 18.1. The van der Waals surface area contributed by atoms with Crippen LogP contribution in [0.3, 0.4) is 0 Å². The van der Waals surface area contributed by atoms with Crippen LogP contribution in [0, 0.1) is 17.8 Å². The summed E-state index contributed by atoms with van der Waals surface area (Å²) in [5.74, 6) is -0.555. The summed E-state index contributed by atoms with van der Waals surface area (Å²) in [6.07, 6.45) is -4.35. The highest BCUT2D eigenvalue weighted by atomic mass is 19.1. The van der Waals surface area contributed by atoms with E-state index in [2.05, 4.69) is 20.9 Å². The minimum absolute atomic E-state index is 0.0603. The molecule has 0 radical (unpaired) electrons. The summed E-state index contributed by atoms with van der Waals surface area (Å²) in [7, 11) is 0. The molecule has 0 bridgehead atoms. The van der Waals surface area contributed by atoms with Gasteiger partial charge in [0.15, 0.2) is 0 Å². The van der Waals surface area contributed by atoms with E-state index in [0.29, 0.717) is 38.6 Å². The average molecular weight is 694 g/mol. The maximum Gasteiger partial charge on any atom is 0.223 e. The molecule has 1 saturated carbocycles. The second-order valence-corrected chi connectivity index (χ2v) is 14.2. The van der Waals surface area contributed by atoms with Crippen LogP contribution >= 0.6 is 0 Å². The number of nitrogens with one attached hydrogen (secondary N) is 3. The van der Waals surface area contributed by atoms with E-state index in [9.17, 15) is 25.2 Å². The topological polar surface area (TPSA) is 179 Å². The van der Waals surface area contributed by atoms with E-state index in [1.54, 1.807) is 4.90 Å². The predicted octanol–water partition coefficient (Wildman–Crippen LogP) is -0.904. The van der Waals surface area contributed by atoms with Crippen LogP contribution in [0.5, 0.6) is 0 Å². The van der Waals surface area contributed by atoms with E-state index in [4.69, 9.17) is 14.6 Å². The molecule has 2 unspecified atom stereocenters. The smallest absolute Gasteiger partial charge is 0.223 e. The van der Waals surface area contributed by atoms with Gasteiger partial charge >= 0.3 is 0 Å². The van der Waals surface area contributed by atoms with Crippen molar-refractivity contribution < 1.29 is 48.6 Å². The second-order valence-electron chi connectivity index (χ2n) is 14.2. The number of likely N-dealkylation sites (tertiary alicyclic amines) is 2. The Hall–Kier alpha value is -1.11. The van der Waals surface area contributed by atoms with Crippen LogP contribution in [0.4, 0.5) is 8.78 Å². The average Bonchev–Trinajstić information content (AvgIpc) is 3.57. The first-order valence-electron chi connectivity index (χ1n) is 18.1. The minimum atomic E-state index is -1.69. The molecular weight excluding hydrogens is 632 g/mol. The van der Waals surface area contributed by atoms with Gasteiger partial charge in [0.25, 0.3) is 0 Å². The lowest BCUT2D eigenvalue weighted by Crippen LogP contribution is -2.64. The number of aliphatic hydroxyl groups is 5. The number of nitrogens with zero attached hydrogens (tertiary/aromatic N) is 2. The summed E-state index contributed by atoms with van der Waals surface area (Å²) >= 11 is 0. The van der Waals surface area contributed by atoms with Gasteiger partial charge < -0.3 is 45.2 Å². The van der Waals surface area contributed by atoms with Crippen molar-refractivity contribution in [3.05, 3.63) is 0 Å². The Balaban J connectivity index is 1.06. The van der Waals surface area contributed by atoms with E-state index in [1.165, 1.54) is 0 Å². The summed E-state index contributed by atoms with van der Waals surface area (Å²) in [6.45, 7) is 7.51. The Kier molecular flexibility index (Phi) is 16.6. The molecule has 48 heavy (non-hydrogen) atoms. The molecule has 4 fully saturated rings. The van der Waals surface area contributed by atoms with Crippen molar-refractivity contribution in [3.63, 3.8) is 0 Å². The lowest BCUT2D eigenvalue weighted by atomic mass is 9.81. The Morgan fingerprint density at radius 3 is 2.21 bits per heavy atom. The molecule has 4 rings (SSSR count). The number of halogens is 2. The Bertz CT molecular complexity index is 920. The van der Waals surface area contributed by atoms with Crippen molar-refractivity contribution in [1.29, 1.82) is 0 Å². The fourth-order valence-corrected chi connectivity index (χ4v) is 7.61. The number of hydrogen-bond acceptors (Lipinski definition) is 12. The largest absolute Gasteiger partial charge is 0.394 e. The number of aliphatic hydroxyl groups excluding tert-OH is 5. The maximum absolute atomic E-state index is 15.1. The molecule has 1 aliphatic carbocycles. The first kappa shape index (κ1) is 39.7. The number of carbonyl (C=O) groups excluding carboxylic acids is 1. The number of alkyl halides is 2. The van der Waals surface area contributed by atoms with E-state index >= 15 is 8.78 Å². The standard InChI is InChI=1S/C33H61F2N5O8/c1-2-47-24-16-37-33(38-17-24)39-8-5-21(6-9-39)4-3-11-48-23-12-26(34)25(27(35)13-23)14-30(44)40-10-7-22(19-40)15-36-18-28(42)31(45)32(46)29(43)20-41/h21-29,31-33,36-38,41-43,45-46H,2-20H2,1H3/t22-,23?,24?,25?,26?,27?,28-,29+,31+,32+,33?/m0/s1. The number of hydrogen-bond donors (Lipinski definition) is 8. The van der Waals surface area contributed by atoms with Gasteiger partial charge in [-0.25, -0.2) is 8.78 Å². The predicted molar refractivity (Wildman–Crippen MR) is 174 cm³/mol. The number of rotatable bonds is 18. The number of carbonyl (C=O) groups is 1. The minimum Gasteiger partial charge on any atom is -0.394 e. The number of amides is 1. The van der Waals surface area contributed by atoms with Crippen LogP contribution in [-0.4, -0.2) is 169 Å². The third-order valence-corrected chi connectivity index (χ3v) is 10.7. The van der Waals surface area contributed by atoms with E-state index < -0.39 is 55.4 Å². The van der Waals surface area contributed by atoms with Crippen molar-refractivity contribution in [3.8, 4) is 0 Å². The molecular formula is C33H61F2N5O8. The molecule has 280 valence electrons. The van der Waals surface area contributed by atoms with Crippen LogP contribution in [0.25, 0.3) is 0 Å². The van der Waals surface area contributed by atoms with Gasteiger partial charge in [0.1, 0.15) is 36.9 Å².